The Labute approximate surface area is 159 Å². The molecule has 0 aliphatic carbocycles. The highest BCUT2D eigenvalue weighted by Crippen LogP contribution is 2.22. The monoisotopic (exact) mass is 382 g/mol. The first-order valence-electron chi connectivity index (χ1n) is 8.77. The molecule has 2 N–H and O–H groups in total. The quantitative estimate of drug-likeness (QED) is 0.561. The first-order chi connectivity index (χ1) is 13.3. The highest BCUT2D eigenvalue weighted by molar-refractivity contribution is 6.04. The van der Waals surface area contributed by atoms with Crippen LogP contribution in [0.4, 0.5) is 4.39 Å². The fraction of sp³-hybridized carbons (Fsp3) is 0.263. The van der Waals surface area contributed by atoms with Crippen LogP contribution in [0.15, 0.2) is 29.3 Å². The maximum absolute atomic E-state index is 13.5. The Morgan fingerprint density at radius 3 is 2.82 bits per heavy atom. The van der Waals surface area contributed by atoms with E-state index in [1.165, 1.54) is 23.0 Å². The predicted molar refractivity (Wildman–Crippen MR) is 102 cm³/mol. The molecule has 0 aliphatic rings. The highest BCUT2D eigenvalue weighted by Gasteiger charge is 2.14. The molecule has 0 radical (unpaired) electrons. The van der Waals surface area contributed by atoms with E-state index in [0.717, 1.165) is 17.0 Å². The number of aromatic nitrogens is 5. The summed E-state index contributed by atoms with van der Waals surface area (Å²) in [7, 11) is 1.85. The normalized spacial score (nSPS) is 11.4. The van der Waals surface area contributed by atoms with E-state index in [-0.39, 0.29) is 23.5 Å². The van der Waals surface area contributed by atoms with Gasteiger partial charge in [0.25, 0.3) is 5.56 Å². The van der Waals surface area contributed by atoms with Crippen molar-refractivity contribution >= 4 is 27.8 Å². The second-order valence-corrected chi connectivity index (χ2v) is 6.77. The topological polar surface area (TPSA) is 97.6 Å². The molecule has 0 spiro atoms. The van der Waals surface area contributed by atoms with Crippen LogP contribution in [-0.2, 0) is 24.9 Å². The van der Waals surface area contributed by atoms with Gasteiger partial charge in [-0.25, -0.2) is 9.37 Å². The van der Waals surface area contributed by atoms with Gasteiger partial charge in [0.2, 0.25) is 5.91 Å². The molecule has 4 aromatic rings. The van der Waals surface area contributed by atoms with Gasteiger partial charge < -0.3 is 10.3 Å². The van der Waals surface area contributed by atoms with E-state index < -0.39 is 5.82 Å². The molecule has 1 aromatic carbocycles. The molecule has 0 bridgehead atoms. The first kappa shape index (κ1) is 17.9. The average Bonchev–Trinajstić information content (AvgIpc) is 3.13. The molecule has 8 nitrogen and oxygen atoms in total. The number of halogens is 1. The number of hydrogen-bond donors (Lipinski definition) is 2. The molecular weight excluding hydrogens is 363 g/mol. The van der Waals surface area contributed by atoms with Gasteiger partial charge >= 0.3 is 0 Å². The van der Waals surface area contributed by atoms with E-state index >= 15 is 0 Å². The van der Waals surface area contributed by atoms with Crippen LogP contribution in [0.25, 0.3) is 21.9 Å². The number of benzene rings is 1. The molecule has 0 unspecified atom stereocenters. The van der Waals surface area contributed by atoms with Crippen molar-refractivity contribution in [3.63, 3.8) is 0 Å². The summed E-state index contributed by atoms with van der Waals surface area (Å²) in [5.74, 6) is -0.715. The second-order valence-electron chi connectivity index (χ2n) is 6.77. The number of H-pyrrole nitrogens is 1. The smallest absolute Gasteiger partial charge is 0.278 e. The lowest BCUT2D eigenvalue weighted by atomic mass is 10.2. The van der Waals surface area contributed by atoms with Crippen molar-refractivity contribution in [3.05, 3.63) is 57.6 Å². The maximum Gasteiger partial charge on any atom is 0.278 e. The van der Waals surface area contributed by atoms with E-state index in [2.05, 4.69) is 20.4 Å². The Morgan fingerprint density at radius 2 is 2.11 bits per heavy atom. The molecule has 3 heterocycles. The molecule has 0 atom stereocenters. The van der Waals surface area contributed by atoms with Crippen molar-refractivity contribution in [1.82, 2.24) is 29.6 Å². The lowest BCUT2D eigenvalue weighted by Gasteiger charge is -2.08. The summed E-state index contributed by atoms with van der Waals surface area (Å²) in [6.45, 7) is 3.99. The molecule has 9 heteroatoms. The Kier molecular flexibility index (Phi) is 4.21. The molecule has 4 rings (SSSR count). The number of amides is 1. The Balaban J connectivity index is 1.57. The number of carbonyl (C=O) groups is 1. The highest BCUT2D eigenvalue weighted by atomic mass is 19.1. The Hall–Kier alpha value is -3.49. The van der Waals surface area contributed by atoms with Crippen molar-refractivity contribution in [2.24, 2.45) is 7.05 Å². The fourth-order valence-electron chi connectivity index (χ4n) is 3.35. The fourth-order valence-corrected chi connectivity index (χ4v) is 3.35. The van der Waals surface area contributed by atoms with Gasteiger partial charge in [-0.3, -0.25) is 18.8 Å². The van der Waals surface area contributed by atoms with Crippen LogP contribution in [0.5, 0.6) is 0 Å². The van der Waals surface area contributed by atoms with E-state index in [1.807, 2.05) is 20.9 Å². The zero-order chi connectivity index (χ0) is 20.0. The summed E-state index contributed by atoms with van der Waals surface area (Å²) in [5.41, 5.74) is 3.65. The third kappa shape index (κ3) is 2.94. The summed E-state index contributed by atoms with van der Waals surface area (Å²) in [6.07, 6.45) is 1.31. The Bertz CT molecular complexity index is 1280. The van der Waals surface area contributed by atoms with Gasteiger partial charge in [0.05, 0.1) is 12.0 Å². The standard InChI is InChI=1S/C19H19FN6O2/c1-10-14(11(2)25(3)24-10)7-21-16(27)8-26-9-22-17-13-6-12(20)4-5-15(13)23-18(17)19(26)28/h4-6,9,23H,7-8H2,1-3H3,(H,21,27). The lowest BCUT2D eigenvalue weighted by molar-refractivity contribution is -0.121. The minimum absolute atomic E-state index is 0.163. The van der Waals surface area contributed by atoms with Crippen LogP contribution < -0.4 is 10.9 Å². The van der Waals surface area contributed by atoms with Crippen molar-refractivity contribution in [2.45, 2.75) is 26.9 Å². The lowest BCUT2D eigenvalue weighted by Crippen LogP contribution is -2.32. The van der Waals surface area contributed by atoms with Gasteiger partial charge in [-0.1, -0.05) is 0 Å². The number of hydrogen-bond acceptors (Lipinski definition) is 4. The van der Waals surface area contributed by atoms with Gasteiger partial charge in [0.15, 0.2) is 0 Å². The zero-order valence-corrected chi connectivity index (χ0v) is 15.7. The SMILES string of the molecule is Cc1nn(C)c(C)c1CNC(=O)Cn1cnc2c([nH]c3ccc(F)cc32)c1=O. The van der Waals surface area contributed by atoms with E-state index in [9.17, 15) is 14.0 Å². The van der Waals surface area contributed by atoms with Gasteiger partial charge in [-0.2, -0.15) is 5.10 Å². The number of nitrogens with one attached hydrogen (secondary N) is 2. The molecule has 3 aromatic heterocycles. The third-order valence-electron chi connectivity index (χ3n) is 4.97. The van der Waals surface area contributed by atoms with E-state index in [1.54, 1.807) is 10.7 Å². The number of aryl methyl sites for hydroxylation is 2. The Morgan fingerprint density at radius 1 is 1.32 bits per heavy atom. The van der Waals surface area contributed by atoms with Crippen molar-refractivity contribution in [3.8, 4) is 0 Å². The summed E-state index contributed by atoms with van der Waals surface area (Å²) >= 11 is 0. The summed E-state index contributed by atoms with van der Waals surface area (Å²) in [6, 6.07) is 4.20. The summed E-state index contributed by atoms with van der Waals surface area (Å²) in [4.78, 5) is 32.2. The predicted octanol–water partition coefficient (Wildman–Crippen LogP) is 1.68. The zero-order valence-electron chi connectivity index (χ0n) is 15.7. The molecule has 28 heavy (non-hydrogen) atoms. The number of nitrogens with zero attached hydrogens (tertiary/aromatic N) is 4. The molecule has 144 valence electrons. The largest absolute Gasteiger partial charge is 0.350 e. The van der Waals surface area contributed by atoms with Crippen molar-refractivity contribution < 1.29 is 9.18 Å². The van der Waals surface area contributed by atoms with Crippen LogP contribution in [0.3, 0.4) is 0 Å². The van der Waals surface area contributed by atoms with Gasteiger partial charge in [0, 0.05) is 35.8 Å². The molecular formula is C19H19FN6O2. The van der Waals surface area contributed by atoms with E-state index in [0.29, 0.717) is 23.0 Å². The number of rotatable bonds is 4. The molecule has 0 aliphatic heterocycles. The van der Waals surface area contributed by atoms with Crippen molar-refractivity contribution in [2.75, 3.05) is 0 Å². The van der Waals surface area contributed by atoms with Crippen molar-refractivity contribution in [1.29, 1.82) is 0 Å². The van der Waals surface area contributed by atoms with Crippen LogP contribution in [0.1, 0.15) is 17.0 Å². The average molecular weight is 382 g/mol. The molecule has 0 fully saturated rings. The van der Waals surface area contributed by atoms with Crippen LogP contribution >= 0.6 is 0 Å². The number of aromatic amines is 1. The van der Waals surface area contributed by atoms with Gasteiger partial charge in [-0.15, -0.1) is 0 Å². The maximum atomic E-state index is 13.5. The molecule has 1 amide bonds. The van der Waals surface area contributed by atoms with E-state index in [4.69, 9.17) is 0 Å². The third-order valence-corrected chi connectivity index (χ3v) is 4.97. The van der Waals surface area contributed by atoms with Gasteiger partial charge in [0.1, 0.15) is 23.4 Å². The summed E-state index contributed by atoms with van der Waals surface area (Å²) in [5, 5.41) is 7.66. The molecule has 0 saturated carbocycles. The minimum atomic E-state index is -0.403. The van der Waals surface area contributed by atoms with Crippen LogP contribution in [0, 0.1) is 19.7 Å². The first-order valence-corrected chi connectivity index (χ1v) is 8.77. The second kappa shape index (κ2) is 6.59. The number of fused-ring (bicyclic) bond motifs is 3. The number of carbonyl (C=O) groups excluding carboxylic acids is 1. The van der Waals surface area contributed by atoms with Crippen LogP contribution in [-0.4, -0.2) is 30.2 Å². The van der Waals surface area contributed by atoms with Crippen LogP contribution in [0.2, 0.25) is 0 Å². The summed E-state index contributed by atoms with van der Waals surface area (Å²) < 4.78 is 16.5. The van der Waals surface area contributed by atoms with Gasteiger partial charge in [-0.05, 0) is 32.0 Å². The minimum Gasteiger partial charge on any atom is -0.350 e. The molecule has 0 saturated heterocycles.